The Morgan fingerprint density at radius 3 is 2.47 bits per heavy atom. The molecular formula is C10H19FN2O2. The maximum absolute atomic E-state index is 13.3. The zero-order valence-electron chi connectivity index (χ0n) is 9.71. The van der Waals surface area contributed by atoms with Gasteiger partial charge in [-0.2, -0.15) is 0 Å². The van der Waals surface area contributed by atoms with Crippen LogP contribution >= 0.6 is 0 Å². The second kappa shape index (κ2) is 4.35. The molecule has 1 N–H and O–H groups in total. The highest BCUT2D eigenvalue weighted by atomic mass is 19.1. The van der Waals surface area contributed by atoms with Crippen molar-refractivity contribution in [2.45, 2.75) is 38.6 Å². The lowest BCUT2D eigenvalue weighted by Gasteiger charge is -2.24. The third-order valence-electron chi connectivity index (χ3n) is 2.27. The van der Waals surface area contributed by atoms with E-state index in [-0.39, 0.29) is 12.6 Å². The molecule has 1 rings (SSSR count). The van der Waals surface area contributed by atoms with Crippen LogP contribution < -0.4 is 5.32 Å². The molecule has 5 heteroatoms. The highest BCUT2D eigenvalue weighted by Crippen LogP contribution is 2.17. The second-order valence-electron chi connectivity index (χ2n) is 4.80. The first-order valence-electron chi connectivity index (χ1n) is 5.13. The molecular weight excluding hydrogens is 199 g/mol. The predicted molar refractivity (Wildman–Crippen MR) is 55.6 cm³/mol. The van der Waals surface area contributed by atoms with Crippen molar-refractivity contribution < 1.29 is 13.9 Å². The van der Waals surface area contributed by atoms with Crippen LogP contribution in [0.25, 0.3) is 0 Å². The third-order valence-corrected chi connectivity index (χ3v) is 2.27. The third kappa shape index (κ3) is 3.34. The molecule has 0 radical (unpaired) electrons. The van der Waals surface area contributed by atoms with Gasteiger partial charge in [0.25, 0.3) is 0 Å². The fourth-order valence-corrected chi connectivity index (χ4v) is 1.51. The van der Waals surface area contributed by atoms with Crippen LogP contribution in [0, 0.1) is 0 Å². The number of carbonyl (C=O) groups excluding carboxylic acids is 1. The number of nitrogens with zero attached hydrogens (tertiary/aromatic N) is 1. The van der Waals surface area contributed by atoms with Crippen LogP contribution in [0.4, 0.5) is 9.18 Å². The molecule has 1 aliphatic heterocycles. The Hall–Kier alpha value is -0.840. The topological polar surface area (TPSA) is 41.6 Å². The van der Waals surface area contributed by atoms with Gasteiger partial charge in [-0.05, 0) is 27.8 Å². The standard InChI is InChI=1S/C10H19FN2O2/c1-10(2,3)15-9(14)13-5-7(11)8(6-13)12-4/h7-8,12H,5-6H2,1-4H3/t7-,8+/m1/s1. The Morgan fingerprint density at radius 1 is 1.47 bits per heavy atom. The average Bonchev–Trinajstić information content (AvgIpc) is 2.43. The molecule has 1 heterocycles. The molecule has 15 heavy (non-hydrogen) atoms. The number of halogens is 1. The highest BCUT2D eigenvalue weighted by Gasteiger charge is 2.36. The molecule has 0 spiro atoms. The fraction of sp³-hybridized carbons (Fsp3) is 0.900. The van der Waals surface area contributed by atoms with Gasteiger partial charge in [-0.15, -0.1) is 0 Å². The van der Waals surface area contributed by atoms with Crippen molar-refractivity contribution in [1.82, 2.24) is 10.2 Å². The first kappa shape index (κ1) is 12.2. The summed E-state index contributed by atoms with van der Waals surface area (Å²) in [4.78, 5) is 13.0. The number of hydrogen-bond acceptors (Lipinski definition) is 3. The SMILES string of the molecule is CN[C@H]1CN(C(=O)OC(C)(C)C)C[C@H]1F. The van der Waals surface area contributed by atoms with E-state index in [0.717, 1.165) is 0 Å². The highest BCUT2D eigenvalue weighted by molar-refractivity contribution is 5.68. The summed E-state index contributed by atoms with van der Waals surface area (Å²) in [6, 6.07) is -0.280. The molecule has 0 saturated carbocycles. The van der Waals surface area contributed by atoms with Crippen molar-refractivity contribution >= 4 is 6.09 Å². The van der Waals surface area contributed by atoms with Crippen LogP contribution in [0.3, 0.4) is 0 Å². The monoisotopic (exact) mass is 218 g/mol. The summed E-state index contributed by atoms with van der Waals surface area (Å²) < 4.78 is 18.5. The van der Waals surface area contributed by atoms with Gasteiger partial charge < -0.3 is 15.0 Å². The Bertz CT molecular complexity index is 240. The first-order valence-corrected chi connectivity index (χ1v) is 5.13. The quantitative estimate of drug-likeness (QED) is 0.718. The van der Waals surface area contributed by atoms with Crippen LogP contribution in [0.1, 0.15) is 20.8 Å². The number of carbonyl (C=O) groups is 1. The Balaban J connectivity index is 2.50. The van der Waals surface area contributed by atoms with Crippen LogP contribution in [-0.2, 0) is 4.74 Å². The molecule has 1 aliphatic rings. The molecule has 0 aliphatic carbocycles. The fourth-order valence-electron chi connectivity index (χ4n) is 1.51. The summed E-state index contributed by atoms with van der Waals surface area (Å²) in [6.07, 6.45) is -1.45. The minimum atomic E-state index is -1.01. The van der Waals surface area contributed by atoms with Gasteiger partial charge >= 0.3 is 6.09 Å². The van der Waals surface area contributed by atoms with E-state index in [2.05, 4.69) is 5.32 Å². The summed E-state index contributed by atoms with van der Waals surface area (Å²) in [7, 11) is 1.69. The van der Waals surface area contributed by atoms with E-state index in [4.69, 9.17) is 4.74 Å². The molecule has 1 fully saturated rings. The molecule has 0 aromatic rings. The van der Waals surface area contributed by atoms with Gasteiger partial charge in [-0.1, -0.05) is 0 Å². The van der Waals surface area contributed by atoms with Gasteiger partial charge in [-0.3, -0.25) is 0 Å². The molecule has 2 atom stereocenters. The average molecular weight is 218 g/mol. The number of alkyl halides is 1. The number of hydrogen-bond donors (Lipinski definition) is 1. The molecule has 4 nitrogen and oxygen atoms in total. The maximum atomic E-state index is 13.3. The van der Waals surface area contributed by atoms with E-state index in [9.17, 15) is 9.18 Å². The largest absolute Gasteiger partial charge is 0.444 e. The van der Waals surface area contributed by atoms with Crippen LogP contribution in [0.5, 0.6) is 0 Å². The summed E-state index contributed by atoms with van der Waals surface area (Å²) in [5.41, 5.74) is -0.527. The van der Waals surface area contributed by atoms with Crippen molar-refractivity contribution in [1.29, 1.82) is 0 Å². The van der Waals surface area contributed by atoms with E-state index in [1.54, 1.807) is 27.8 Å². The lowest BCUT2D eigenvalue weighted by atomic mass is 10.2. The van der Waals surface area contributed by atoms with Gasteiger partial charge in [-0.25, -0.2) is 9.18 Å². The zero-order valence-corrected chi connectivity index (χ0v) is 9.71. The molecule has 0 aromatic carbocycles. The zero-order chi connectivity index (χ0) is 11.6. The van der Waals surface area contributed by atoms with Gasteiger partial charge in [0.05, 0.1) is 12.6 Å². The van der Waals surface area contributed by atoms with Crippen molar-refractivity contribution in [3.05, 3.63) is 0 Å². The molecule has 88 valence electrons. The van der Waals surface area contributed by atoms with E-state index >= 15 is 0 Å². The van der Waals surface area contributed by atoms with Crippen molar-refractivity contribution in [2.24, 2.45) is 0 Å². The predicted octanol–water partition coefficient (Wildman–Crippen LogP) is 1.16. The summed E-state index contributed by atoms with van der Waals surface area (Å²) in [5, 5.41) is 2.84. The molecule has 1 amide bonds. The Labute approximate surface area is 89.8 Å². The van der Waals surface area contributed by atoms with Gasteiger partial charge in [0.1, 0.15) is 11.8 Å². The molecule has 0 aromatic heterocycles. The number of rotatable bonds is 1. The second-order valence-corrected chi connectivity index (χ2v) is 4.80. The number of nitrogens with one attached hydrogen (secondary N) is 1. The lowest BCUT2D eigenvalue weighted by Crippen LogP contribution is -2.37. The van der Waals surface area contributed by atoms with Gasteiger partial charge in [0.15, 0.2) is 0 Å². The number of likely N-dealkylation sites (N-methyl/N-ethyl adjacent to an activating group) is 1. The molecule has 0 bridgehead atoms. The normalized spacial score (nSPS) is 26.9. The smallest absolute Gasteiger partial charge is 0.410 e. The minimum absolute atomic E-state index is 0.112. The summed E-state index contributed by atoms with van der Waals surface area (Å²) in [6.45, 7) is 5.86. The summed E-state index contributed by atoms with van der Waals surface area (Å²) in [5.74, 6) is 0. The van der Waals surface area contributed by atoms with E-state index in [1.807, 2.05) is 0 Å². The van der Waals surface area contributed by atoms with Gasteiger partial charge in [0.2, 0.25) is 0 Å². The Kier molecular flexibility index (Phi) is 3.54. The Morgan fingerprint density at radius 2 is 2.07 bits per heavy atom. The van der Waals surface area contributed by atoms with Gasteiger partial charge in [0, 0.05) is 6.54 Å². The van der Waals surface area contributed by atoms with Crippen LogP contribution in [0.2, 0.25) is 0 Å². The van der Waals surface area contributed by atoms with Crippen molar-refractivity contribution in [3.63, 3.8) is 0 Å². The lowest BCUT2D eigenvalue weighted by molar-refractivity contribution is 0.0282. The molecule has 1 saturated heterocycles. The van der Waals surface area contributed by atoms with Crippen LogP contribution in [0.15, 0.2) is 0 Å². The minimum Gasteiger partial charge on any atom is -0.444 e. The van der Waals surface area contributed by atoms with Crippen molar-refractivity contribution in [2.75, 3.05) is 20.1 Å². The summed E-state index contributed by atoms with van der Waals surface area (Å²) >= 11 is 0. The molecule has 0 unspecified atom stereocenters. The number of likely N-dealkylation sites (tertiary alicyclic amines) is 1. The number of ether oxygens (including phenoxy) is 1. The number of amides is 1. The van der Waals surface area contributed by atoms with E-state index < -0.39 is 17.9 Å². The first-order chi connectivity index (χ1) is 6.83. The van der Waals surface area contributed by atoms with E-state index in [1.165, 1.54) is 4.90 Å². The maximum Gasteiger partial charge on any atom is 0.410 e. The van der Waals surface area contributed by atoms with Crippen molar-refractivity contribution in [3.8, 4) is 0 Å². The van der Waals surface area contributed by atoms with E-state index in [0.29, 0.717) is 6.54 Å². The van der Waals surface area contributed by atoms with Crippen LogP contribution in [-0.4, -0.2) is 48.9 Å².